The van der Waals surface area contributed by atoms with E-state index in [0.717, 1.165) is 18.9 Å². The third-order valence-corrected chi connectivity index (χ3v) is 4.37. The Morgan fingerprint density at radius 1 is 1.26 bits per heavy atom. The average molecular weight is 332 g/mol. The van der Waals surface area contributed by atoms with Gasteiger partial charge in [0, 0.05) is 16.6 Å². The Hall–Kier alpha value is -0.640. The number of benzene rings is 1. The third kappa shape index (κ3) is 3.68. The van der Waals surface area contributed by atoms with E-state index in [4.69, 9.17) is 0 Å². The largest absolute Gasteiger partial charge is 0.379 e. The summed E-state index contributed by atoms with van der Waals surface area (Å²) in [6.45, 7) is 6.71. The van der Waals surface area contributed by atoms with Gasteiger partial charge in [-0.05, 0) is 52.6 Å². The maximum Gasteiger partial charge on any atom is 0.150 e. The van der Waals surface area contributed by atoms with Crippen molar-refractivity contribution < 1.29 is 8.78 Å². The second-order valence-corrected chi connectivity index (χ2v) is 7.35. The molecular formula is C15H20BrF2N. The lowest BCUT2D eigenvalue weighted by Crippen LogP contribution is -2.35. The molecule has 1 N–H and O–H groups in total. The molecule has 1 saturated carbocycles. The predicted molar refractivity (Wildman–Crippen MR) is 78.3 cm³/mol. The van der Waals surface area contributed by atoms with E-state index < -0.39 is 11.6 Å². The number of hydrogen-bond donors (Lipinski definition) is 1. The molecule has 1 aliphatic carbocycles. The van der Waals surface area contributed by atoms with Crippen molar-refractivity contribution in [1.82, 2.24) is 0 Å². The lowest BCUT2D eigenvalue weighted by atomic mass is 9.70. The van der Waals surface area contributed by atoms with Gasteiger partial charge in [-0.15, -0.1) is 0 Å². The average Bonchev–Trinajstić information content (AvgIpc) is 2.20. The number of hydrogen-bond acceptors (Lipinski definition) is 1. The van der Waals surface area contributed by atoms with Gasteiger partial charge in [-0.2, -0.15) is 0 Å². The molecule has 2 unspecified atom stereocenters. The normalized spacial score (nSPS) is 26.2. The molecule has 0 aliphatic heterocycles. The summed E-state index contributed by atoms with van der Waals surface area (Å²) in [5.74, 6) is -0.487. The van der Waals surface area contributed by atoms with Crippen molar-refractivity contribution in [3.63, 3.8) is 0 Å². The number of rotatable bonds is 2. The van der Waals surface area contributed by atoms with Gasteiger partial charge >= 0.3 is 0 Å². The first-order valence-corrected chi connectivity index (χ1v) is 7.47. The molecule has 19 heavy (non-hydrogen) atoms. The van der Waals surface area contributed by atoms with Gasteiger partial charge in [-0.3, -0.25) is 0 Å². The lowest BCUT2D eigenvalue weighted by molar-refractivity contribution is 0.177. The van der Waals surface area contributed by atoms with E-state index in [1.807, 2.05) is 0 Å². The summed E-state index contributed by atoms with van der Waals surface area (Å²) in [6, 6.07) is 2.45. The summed E-state index contributed by atoms with van der Waals surface area (Å²) in [5.41, 5.74) is 0.634. The summed E-state index contributed by atoms with van der Waals surface area (Å²) in [4.78, 5) is 0. The maximum atomic E-state index is 13.8. The van der Waals surface area contributed by atoms with Gasteiger partial charge in [0.15, 0.2) is 0 Å². The molecule has 0 radical (unpaired) electrons. The molecule has 1 aromatic carbocycles. The van der Waals surface area contributed by atoms with Crippen molar-refractivity contribution in [2.24, 2.45) is 11.3 Å². The molecule has 0 saturated heterocycles. The molecule has 106 valence electrons. The zero-order valence-electron chi connectivity index (χ0n) is 11.6. The number of anilines is 1. The number of halogens is 3. The summed E-state index contributed by atoms with van der Waals surface area (Å²) >= 11 is 3.23. The quantitative estimate of drug-likeness (QED) is 0.769. The SMILES string of the molecule is CC1CC(Nc2c(F)cc(F)cc2Br)CC(C)(C)C1. The molecule has 1 fully saturated rings. The third-order valence-electron chi connectivity index (χ3n) is 3.74. The number of nitrogens with one attached hydrogen (secondary N) is 1. The van der Waals surface area contributed by atoms with Crippen molar-refractivity contribution in [2.75, 3.05) is 5.32 Å². The van der Waals surface area contributed by atoms with Gasteiger partial charge < -0.3 is 5.32 Å². The van der Waals surface area contributed by atoms with E-state index in [9.17, 15) is 8.78 Å². The first kappa shape index (κ1) is 14.8. The van der Waals surface area contributed by atoms with Crippen molar-refractivity contribution in [3.8, 4) is 0 Å². The Labute approximate surface area is 121 Å². The van der Waals surface area contributed by atoms with Crippen molar-refractivity contribution >= 4 is 21.6 Å². The summed E-state index contributed by atoms with van der Waals surface area (Å²) in [6.07, 6.45) is 3.21. The highest BCUT2D eigenvalue weighted by Crippen LogP contribution is 2.40. The van der Waals surface area contributed by atoms with Gasteiger partial charge in [0.05, 0.1) is 5.69 Å². The van der Waals surface area contributed by atoms with Gasteiger partial charge in [0.1, 0.15) is 11.6 Å². The predicted octanol–water partition coefficient (Wildman–Crippen LogP) is 5.35. The molecule has 0 aromatic heterocycles. The fourth-order valence-corrected chi connectivity index (χ4v) is 3.86. The van der Waals surface area contributed by atoms with E-state index >= 15 is 0 Å². The Morgan fingerprint density at radius 2 is 1.95 bits per heavy atom. The molecule has 1 aliphatic rings. The maximum absolute atomic E-state index is 13.8. The van der Waals surface area contributed by atoms with Crippen molar-refractivity contribution in [1.29, 1.82) is 0 Å². The highest BCUT2D eigenvalue weighted by Gasteiger charge is 2.32. The first-order valence-electron chi connectivity index (χ1n) is 6.68. The minimum absolute atomic E-state index is 0.231. The van der Waals surface area contributed by atoms with Crippen LogP contribution < -0.4 is 5.32 Å². The zero-order chi connectivity index (χ0) is 14.2. The van der Waals surface area contributed by atoms with E-state index in [1.165, 1.54) is 12.5 Å². The standard InChI is InChI=1S/C15H20BrF2N/c1-9-4-11(8-15(2,3)7-9)19-14-12(16)5-10(17)6-13(14)18/h5-6,9,11,19H,4,7-8H2,1-3H3. The van der Waals surface area contributed by atoms with Crippen LogP contribution in [0.15, 0.2) is 16.6 Å². The minimum atomic E-state index is -0.563. The van der Waals surface area contributed by atoms with Gasteiger partial charge in [-0.25, -0.2) is 8.78 Å². The molecule has 0 bridgehead atoms. The molecule has 2 atom stereocenters. The minimum Gasteiger partial charge on any atom is -0.379 e. The Morgan fingerprint density at radius 3 is 2.53 bits per heavy atom. The van der Waals surface area contributed by atoms with Crippen LogP contribution in [0.3, 0.4) is 0 Å². The smallest absolute Gasteiger partial charge is 0.150 e. The monoisotopic (exact) mass is 331 g/mol. The van der Waals surface area contributed by atoms with Crippen molar-refractivity contribution in [3.05, 3.63) is 28.2 Å². The highest BCUT2D eigenvalue weighted by atomic mass is 79.9. The summed E-state index contributed by atoms with van der Waals surface area (Å²) in [5, 5.41) is 3.24. The topological polar surface area (TPSA) is 12.0 Å². The fourth-order valence-electron chi connectivity index (χ4n) is 3.34. The Balaban J connectivity index is 2.17. The van der Waals surface area contributed by atoms with Crippen LogP contribution in [0.25, 0.3) is 0 Å². The fraction of sp³-hybridized carbons (Fsp3) is 0.600. The van der Waals surface area contributed by atoms with E-state index in [0.29, 0.717) is 16.1 Å². The van der Waals surface area contributed by atoms with Crippen LogP contribution in [-0.4, -0.2) is 6.04 Å². The molecule has 2 rings (SSSR count). The van der Waals surface area contributed by atoms with Crippen LogP contribution in [0.5, 0.6) is 0 Å². The van der Waals surface area contributed by atoms with Crippen LogP contribution in [0.2, 0.25) is 0 Å². The molecule has 4 heteroatoms. The van der Waals surface area contributed by atoms with Crippen molar-refractivity contribution in [2.45, 2.75) is 46.1 Å². The Kier molecular flexibility index (Phi) is 4.19. The van der Waals surface area contributed by atoms with Crippen LogP contribution >= 0.6 is 15.9 Å². The summed E-state index contributed by atoms with van der Waals surface area (Å²) < 4.78 is 27.3. The molecule has 1 aromatic rings. The van der Waals surface area contributed by atoms with Gasteiger partial charge in [-0.1, -0.05) is 20.8 Å². The molecule has 1 nitrogen and oxygen atoms in total. The van der Waals surface area contributed by atoms with Gasteiger partial charge in [0.2, 0.25) is 0 Å². The zero-order valence-corrected chi connectivity index (χ0v) is 13.2. The summed E-state index contributed by atoms with van der Waals surface area (Å²) in [7, 11) is 0. The molecule has 0 spiro atoms. The van der Waals surface area contributed by atoms with E-state index in [1.54, 1.807) is 0 Å². The van der Waals surface area contributed by atoms with E-state index in [-0.39, 0.29) is 11.5 Å². The molecule has 0 amide bonds. The molecule has 0 heterocycles. The molecular weight excluding hydrogens is 312 g/mol. The van der Waals surface area contributed by atoms with Crippen LogP contribution in [0.4, 0.5) is 14.5 Å². The van der Waals surface area contributed by atoms with Crippen LogP contribution in [0, 0.1) is 23.0 Å². The highest BCUT2D eigenvalue weighted by molar-refractivity contribution is 9.10. The van der Waals surface area contributed by atoms with Crippen LogP contribution in [0.1, 0.15) is 40.0 Å². The Bertz CT molecular complexity index is 450. The van der Waals surface area contributed by atoms with Gasteiger partial charge in [0.25, 0.3) is 0 Å². The van der Waals surface area contributed by atoms with Crippen LogP contribution in [-0.2, 0) is 0 Å². The van der Waals surface area contributed by atoms with E-state index in [2.05, 4.69) is 42.0 Å². The second-order valence-electron chi connectivity index (χ2n) is 6.50. The second kappa shape index (κ2) is 5.39. The first-order chi connectivity index (χ1) is 8.77. The lowest BCUT2D eigenvalue weighted by Gasteiger charge is -2.39.